The molecular weight excluding hydrogens is 426 g/mol. The van der Waals surface area contributed by atoms with Gasteiger partial charge in [0.25, 0.3) is 5.69 Å². The van der Waals surface area contributed by atoms with E-state index in [1.165, 1.54) is 66.0 Å². The molecule has 1 aliphatic rings. The highest BCUT2D eigenvalue weighted by Crippen LogP contribution is 2.29. The van der Waals surface area contributed by atoms with Gasteiger partial charge in [-0.25, -0.2) is 8.42 Å². The highest BCUT2D eigenvalue weighted by atomic mass is 32.2. The van der Waals surface area contributed by atoms with Crippen LogP contribution >= 0.6 is 0 Å². The fraction of sp³-hybridized carbons (Fsp3) is 0.250. The van der Waals surface area contributed by atoms with E-state index in [-0.39, 0.29) is 29.4 Å². The zero-order valence-electron chi connectivity index (χ0n) is 16.7. The second-order valence-electron chi connectivity index (χ2n) is 6.55. The first-order valence-corrected chi connectivity index (χ1v) is 10.7. The van der Waals surface area contributed by atoms with E-state index < -0.39 is 20.9 Å². The molecule has 0 saturated carbocycles. The molecule has 2 aromatic carbocycles. The average molecular weight is 447 g/mol. The summed E-state index contributed by atoms with van der Waals surface area (Å²) in [7, 11) is -2.33. The van der Waals surface area contributed by atoms with Crippen LogP contribution < -0.4 is 10.1 Å². The Labute approximate surface area is 179 Å². The number of nitrogens with one attached hydrogen (secondary N) is 1. The number of carbonyl (C=O) groups is 1. The van der Waals surface area contributed by atoms with Gasteiger partial charge in [-0.15, -0.1) is 0 Å². The van der Waals surface area contributed by atoms with E-state index in [0.29, 0.717) is 24.5 Å². The first kappa shape index (κ1) is 22.4. The first-order valence-electron chi connectivity index (χ1n) is 9.31. The number of nitro groups is 1. The van der Waals surface area contributed by atoms with Crippen molar-refractivity contribution in [2.24, 2.45) is 0 Å². The van der Waals surface area contributed by atoms with Gasteiger partial charge in [-0.2, -0.15) is 4.31 Å². The molecular formula is C20H21N3O7S. The van der Waals surface area contributed by atoms with E-state index in [1.54, 1.807) is 0 Å². The van der Waals surface area contributed by atoms with E-state index in [9.17, 15) is 23.3 Å². The maximum atomic E-state index is 12.9. The van der Waals surface area contributed by atoms with Crippen LogP contribution in [0.4, 0.5) is 11.4 Å². The molecule has 1 aliphatic heterocycles. The summed E-state index contributed by atoms with van der Waals surface area (Å²) in [4.78, 5) is 22.6. The Morgan fingerprint density at radius 2 is 1.87 bits per heavy atom. The third-order valence-corrected chi connectivity index (χ3v) is 6.46. The molecule has 1 amide bonds. The van der Waals surface area contributed by atoms with Crippen molar-refractivity contribution in [2.45, 2.75) is 4.90 Å². The standard InChI is InChI=1S/C20H21N3O7S/c1-29-19-8-7-17(31(27,28)22-10-12-30-13-11-22)14-18(19)21-20(24)9-4-15-2-5-16(6-3-15)23(25)26/h2-9,14H,10-13H2,1H3,(H,21,24)/b9-4+. The van der Waals surface area contributed by atoms with Crippen molar-refractivity contribution in [1.82, 2.24) is 4.31 Å². The van der Waals surface area contributed by atoms with Crippen LogP contribution in [0.1, 0.15) is 5.56 Å². The van der Waals surface area contributed by atoms with Crippen molar-refractivity contribution >= 4 is 33.4 Å². The molecule has 1 heterocycles. The zero-order valence-corrected chi connectivity index (χ0v) is 17.5. The molecule has 0 unspecified atom stereocenters. The fourth-order valence-electron chi connectivity index (χ4n) is 2.93. The predicted octanol–water partition coefficient (Wildman–Crippen LogP) is 2.28. The van der Waals surface area contributed by atoms with Crippen LogP contribution in [-0.4, -0.2) is 57.0 Å². The number of ether oxygens (including phenoxy) is 2. The zero-order chi connectivity index (χ0) is 22.4. The molecule has 2 aromatic rings. The van der Waals surface area contributed by atoms with Crippen LogP contribution in [0.3, 0.4) is 0 Å². The van der Waals surface area contributed by atoms with Crippen LogP contribution in [0.15, 0.2) is 53.4 Å². The van der Waals surface area contributed by atoms with E-state index >= 15 is 0 Å². The number of hydrogen-bond acceptors (Lipinski definition) is 7. The highest BCUT2D eigenvalue weighted by molar-refractivity contribution is 7.89. The quantitative estimate of drug-likeness (QED) is 0.392. The van der Waals surface area contributed by atoms with Crippen molar-refractivity contribution < 1.29 is 27.6 Å². The van der Waals surface area contributed by atoms with E-state index in [0.717, 1.165) is 0 Å². The van der Waals surface area contributed by atoms with Crippen molar-refractivity contribution in [3.05, 3.63) is 64.2 Å². The molecule has 0 radical (unpaired) electrons. The lowest BCUT2D eigenvalue weighted by molar-refractivity contribution is -0.384. The molecule has 3 rings (SSSR count). The summed E-state index contributed by atoms with van der Waals surface area (Å²) < 4.78 is 37.5. The predicted molar refractivity (Wildman–Crippen MR) is 113 cm³/mol. The summed E-state index contributed by atoms with van der Waals surface area (Å²) in [5.41, 5.74) is 0.746. The Morgan fingerprint density at radius 3 is 2.48 bits per heavy atom. The molecule has 11 heteroatoms. The normalized spacial score (nSPS) is 15.0. The summed E-state index contributed by atoms with van der Waals surface area (Å²) in [5, 5.41) is 13.3. The lowest BCUT2D eigenvalue weighted by atomic mass is 10.2. The van der Waals surface area contributed by atoms with Gasteiger partial charge in [0.05, 0.1) is 35.8 Å². The molecule has 0 spiro atoms. The number of rotatable bonds is 7. The Hall–Kier alpha value is -3.28. The van der Waals surface area contributed by atoms with Crippen LogP contribution in [-0.2, 0) is 19.6 Å². The number of sulfonamides is 1. The largest absolute Gasteiger partial charge is 0.495 e. The van der Waals surface area contributed by atoms with Gasteiger partial charge in [-0.05, 0) is 42.0 Å². The highest BCUT2D eigenvalue weighted by Gasteiger charge is 2.27. The first-order chi connectivity index (χ1) is 14.8. The van der Waals surface area contributed by atoms with Crippen molar-refractivity contribution in [3.63, 3.8) is 0 Å². The third-order valence-electron chi connectivity index (χ3n) is 4.57. The van der Waals surface area contributed by atoms with Gasteiger partial charge in [-0.1, -0.05) is 0 Å². The van der Waals surface area contributed by atoms with Gasteiger partial charge in [-0.3, -0.25) is 14.9 Å². The topological polar surface area (TPSA) is 128 Å². The molecule has 10 nitrogen and oxygen atoms in total. The number of benzene rings is 2. The lowest BCUT2D eigenvalue weighted by Gasteiger charge is -2.26. The molecule has 0 aliphatic carbocycles. The maximum absolute atomic E-state index is 12.9. The fourth-order valence-corrected chi connectivity index (χ4v) is 4.37. The number of nitrogens with zero attached hydrogens (tertiary/aromatic N) is 2. The van der Waals surface area contributed by atoms with E-state index in [2.05, 4.69) is 5.32 Å². The van der Waals surface area contributed by atoms with E-state index in [4.69, 9.17) is 9.47 Å². The Bertz CT molecular complexity index is 1090. The number of non-ortho nitro benzene ring substituents is 1. The number of hydrogen-bond donors (Lipinski definition) is 1. The molecule has 1 N–H and O–H groups in total. The summed E-state index contributed by atoms with van der Waals surface area (Å²) in [6, 6.07) is 9.94. The summed E-state index contributed by atoms with van der Waals surface area (Å²) >= 11 is 0. The van der Waals surface area contributed by atoms with Gasteiger partial charge in [0.15, 0.2) is 0 Å². The van der Waals surface area contributed by atoms with Gasteiger partial charge >= 0.3 is 0 Å². The monoisotopic (exact) mass is 447 g/mol. The molecule has 0 atom stereocenters. The number of morpholine rings is 1. The number of anilines is 1. The summed E-state index contributed by atoms with van der Waals surface area (Å²) in [5.74, 6) is -0.212. The minimum Gasteiger partial charge on any atom is -0.495 e. The van der Waals surface area contributed by atoms with Gasteiger partial charge in [0.1, 0.15) is 5.75 Å². The smallest absolute Gasteiger partial charge is 0.269 e. The lowest BCUT2D eigenvalue weighted by Crippen LogP contribution is -2.40. The second-order valence-corrected chi connectivity index (χ2v) is 8.49. The van der Waals surface area contributed by atoms with Crippen molar-refractivity contribution in [2.75, 3.05) is 38.7 Å². The van der Waals surface area contributed by atoms with E-state index in [1.807, 2.05) is 0 Å². The summed E-state index contributed by atoms with van der Waals surface area (Å²) in [6.45, 7) is 1.17. The van der Waals surface area contributed by atoms with Gasteiger partial charge in [0, 0.05) is 31.3 Å². The summed E-state index contributed by atoms with van der Waals surface area (Å²) in [6.07, 6.45) is 2.73. The van der Waals surface area contributed by atoms with Crippen LogP contribution in [0.2, 0.25) is 0 Å². The van der Waals surface area contributed by atoms with Gasteiger partial charge in [0.2, 0.25) is 15.9 Å². The minimum atomic E-state index is -3.74. The Kier molecular flexibility index (Phi) is 7.00. The maximum Gasteiger partial charge on any atom is 0.269 e. The molecule has 1 fully saturated rings. The molecule has 0 aromatic heterocycles. The van der Waals surface area contributed by atoms with Crippen molar-refractivity contribution in [3.8, 4) is 5.75 Å². The third kappa shape index (κ3) is 5.45. The average Bonchev–Trinajstić information content (AvgIpc) is 2.78. The number of carbonyl (C=O) groups excluding carboxylic acids is 1. The Balaban J connectivity index is 1.77. The second kappa shape index (κ2) is 9.69. The van der Waals surface area contributed by atoms with Crippen molar-refractivity contribution in [1.29, 1.82) is 0 Å². The minimum absolute atomic E-state index is 0.0323. The SMILES string of the molecule is COc1ccc(S(=O)(=O)N2CCOCC2)cc1NC(=O)/C=C/c1ccc([N+](=O)[O-])cc1. The van der Waals surface area contributed by atoms with Crippen LogP contribution in [0.25, 0.3) is 6.08 Å². The molecule has 0 bridgehead atoms. The van der Waals surface area contributed by atoms with Gasteiger partial charge < -0.3 is 14.8 Å². The Morgan fingerprint density at radius 1 is 1.19 bits per heavy atom. The number of nitro benzene ring substituents is 1. The van der Waals surface area contributed by atoms with Crippen LogP contribution in [0, 0.1) is 10.1 Å². The molecule has 31 heavy (non-hydrogen) atoms. The van der Waals surface area contributed by atoms with Crippen LogP contribution in [0.5, 0.6) is 5.75 Å². The molecule has 1 saturated heterocycles. The molecule has 164 valence electrons. The number of amides is 1. The number of methoxy groups -OCH3 is 1.